The van der Waals surface area contributed by atoms with Gasteiger partial charge in [0.05, 0.1) is 6.67 Å². The molecule has 0 N–H and O–H groups in total. The maximum atomic E-state index is 5.53. The first-order valence-corrected chi connectivity index (χ1v) is 7.82. The Labute approximate surface area is 130 Å². The molecule has 2 aromatic rings. The van der Waals surface area contributed by atoms with E-state index in [1.165, 1.54) is 12.8 Å². The summed E-state index contributed by atoms with van der Waals surface area (Å²) in [6, 6.07) is 3.93. The van der Waals surface area contributed by atoms with Crippen LogP contribution in [0.15, 0.2) is 24.5 Å². The Kier molecular flexibility index (Phi) is 4.17. The maximum absolute atomic E-state index is 5.53. The van der Waals surface area contributed by atoms with Gasteiger partial charge in [0.2, 0.25) is 0 Å². The fraction of sp³-hybridized carbons (Fsp3) is 0.533. The van der Waals surface area contributed by atoms with Crippen molar-refractivity contribution in [3.05, 3.63) is 29.3 Å². The first-order chi connectivity index (χ1) is 10.1. The average Bonchev–Trinajstić information content (AvgIpc) is 2.77. The second-order valence-electron chi connectivity index (χ2n) is 5.87. The standard InChI is InChI=1S/C15H21N5S/c1-12-4-3-9-19(10-12)11-20-15(21)18(2)14(17-20)13-5-7-16-8-6-13/h5-8,12H,3-4,9-11H2,1-2H3/t12-/m0/s1. The first kappa shape index (κ1) is 14.4. The number of aromatic nitrogens is 4. The van der Waals surface area contributed by atoms with Gasteiger partial charge in [0.25, 0.3) is 0 Å². The Hall–Kier alpha value is -1.53. The van der Waals surface area contributed by atoms with Crippen LogP contribution in [0.1, 0.15) is 19.8 Å². The van der Waals surface area contributed by atoms with Gasteiger partial charge >= 0.3 is 0 Å². The fourth-order valence-corrected chi connectivity index (χ4v) is 3.12. The van der Waals surface area contributed by atoms with Crippen LogP contribution in [0.2, 0.25) is 0 Å². The van der Waals surface area contributed by atoms with Crippen LogP contribution in [-0.2, 0) is 13.7 Å². The summed E-state index contributed by atoms with van der Waals surface area (Å²) in [4.78, 5) is 6.49. The number of rotatable bonds is 3. The van der Waals surface area contributed by atoms with Gasteiger partial charge in [-0.2, -0.15) is 5.10 Å². The topological polar surface area (TPSA) is 38.9 Å². The minimum atomic E-state index is 0.760. The summed E-state index contributed by atoms with van der Waals surface area (Å²) in [5, 5.41) is 4.70. The third kappa shape index (κ3) is 3.06. The molecule has 6 heteroatoms. The highest BCUT2D eigenvalue weighted by molar-refractivity contribution is 7.71. The van der Waals surface area contributed by atoms with Crippen molar-refractivity contribution in [3.63, 3.8) is 0 Å². The number of nitrogens with zero attached hydrogens (tertiary/aromatic N) is 5. The summed E-state index contributed by atoms with van der Waals surface area (Å²) in [5.41, 5.74) is 1.05. The van der Waals surface area contributed by atoms with E-state index in [2.05, 4.69) is 16.8 Å². The lowest BCUT2D eigenvalue weighted by Gasteiger charge is -2.30. The van der Waals surface area contributed by atoms with Crippen molar-refractivity contribution in [3.8, 4) is 11.4 Å². The van der Waals surface area contributed by atoms with Crippen molar-refractivity contribution >= 4 is 12.2 Å². The molecule has 0 aromatic carbocycles. The van der Waals surface area contributed by atoms with Crippen molar-refractivity contribution in [1.29, 1.82) is 0 Å². The van der Waals surface area contributed by atoms with Crippen LogP contribution >= 0.6 is 12.2 Å². The van der Waals surface area contributed by atoms with Gasteiger partial charge < -0.3 is 4.57 Å². The lowest BCUT2D eigenvalue weighted by Crippen LogP contribution is -2.36. The van der Waals surface area contributed by atoms with Crippen LogP contribution in [0.3, 0.4) is 0 Å². The lowest BCUT2D eigenvalue weighted by molar-refractivity contribution is 0.138. The van der Waals surface area contributed by atoms with Crippen molar-refractivity contribution in [1.82, 2.24) is 24.2 Å². The van der Waals surface area contributed by atoms with E-state index in [1.54, 1.807) is 12.4 Å². The van der Waals surface area contributed by atoms with Crippen LogP contribution < -0.4 is 0 Å². The molecule has 112 valence electrons. The average molecular weight is 303 g/mol. The van der Waals surface area contributed by atoms with Crippen LogP contribution in [-0.4, -0.2) is 37.3 Å². The van der Waals surface area contributed by atoms with E-state index in [4.69, 9.17) is 17.3 Å². The summed E-state index contributed by atoms with van der Waals surface area (Å²) in [5.74, 6) is 1.66. The van der Waals surface area contributed by atoms with E-state index >= 15 is 0 Å². The molecule has 0 saturated carbocycles. The first-order valence-electron chi connectivity index (χ1n) is 7.41. The van der Waals surface area contributed by atoms with Gasteiger partial charge in [-0.05, 0) is 49.7 Å². The van der Waals surface area contributed by atoms with Gasteiger partial charge in [-0.25, -0.2) is 4.68 Å². The third-order valence-corrected chi connectivity index (χ3v) is 4.54. The summed E-state index contributed by atoms with van der Waals surface area (Å²) >= 11 is 5.53. The molecule has 0 aliphatic carbocycles. The second kappa shape index (κ2) is 6.07. The monoisotopic (exact) mass is 303 g/mol. The van der Waals surface area contributed by atoms with Crippen molar-refractivity contribution in [2.45, 2.75) is 26.4 Å². The van der Waals surface area contributed by atoms with Crippen molar-refractivity contribution in [2.75, 3.05) is 13.1 Å². The molecule has 1 aliphatic rings. The van der Waals surface area contributed by atoms with Gasteiger partial charge in [-0.3, -0.25) is 9.88 Å². The number of likely N-dealkylation sites (tertiary alicyclic amines) is 1. The molecule has 0 unspecified atom stereocenters. The maximum Gasteiger partial charge on any atom is 0.199 e. The minimum Gasteiger partial charge on any atom is -0.303 e. The lowest BCUT2D eigenvalue weighted by atomic mass is 10.0. The zero-order chi connectivity index (χ0) is 14.8. The Balaban J connectivity index is 1.85. The Bertz CT molecular complexity index is 660. The third-order valence-electron chi connectivity index (χ3n) is 4.05. The highest BCUT2D eigenvalue weighted by Crippen LogP contribution is 2.18. The van der Waals surface area contributed by atoms with Crippen molar-refractivity contribution < 1.29 is 0 Å². The van der Waals surface area contributed by atoms with E-state index in [0.717, 1.165) is 41.8 Å². The molecule has 0 bridgehead atoms. The molecule has 2 aromatic heterocycles. The van der Waals surface area contributed by atoms with E-state index in [9.17, 15) is 0 Å². The van der Waals surface area contributed by atoms with Gasteiger partial charge in [-0.1, -0.05) is 6.92 Å². The van der Waals surface area contributed by atoms with Crippen LogP contribution in [0.5, 0.6) is 0 Å². The predicted octanol–water partition coefficient (Wildman–Crippen LogP) is 2.70. The van der Waals surface area contributed by atoms with Crippen LogP contribution in [0, 0.1) is 10.7 Å². The van der Waals surface area contributed by atoms with Gasteiger partial charge in [-0.15, -0.1) is 0 Å². The quantitative estimate of drug-likeness (QED) is 0.817. The second-order valence-corrected chi connectivity index (χ2v) is 6.23. The zero-order valence-electron chi connectivity index (χ0n) is 12.6. The fourth-order valence-electron chi connectivity index (χ4n) is 2.94. The van der Waals surface area contributed by atoms with E-state index in [1.807, 2.05) is 28.4 Å². The normalized spacial score (nSPS) is 19.8. The molecule has 1 saturated heterocycles. The molecular formula is C15H21N5S. The minimum absolute atomic E-state index is 0.760. The number of hydrogen-bond acceptors (Lipinski definition) is 4. The molecule has 1 atom stereocenters. The summed E-state index contributed by atoms with van der Waals surface area (Å²) < 4.78 is 4.67. The predicted molar refractivity (Wildman–Crippen MR) is 85.2 cm³/mol. The molecule has 3 rings (SSSR count). The van der Waals surface area contributed by atoms with E-state index in [0.29, 0.717) is 0 Å². The highest BCUT2D eigenvalue weighted by Gasteiger charge is 2.18. The van der Waals surface area contributed by atoms with E-state index in [-0.39, 0.29) is 0 Å². The number of piperidine rings is 1. The molecule has 0 radical (unpaired) electrons. The summed E-state index contributed by atoms with van der Waals surface area (Å²) in [7, 11) is 1.97. The molecule has 1 aliphatic heterocycles. The molecule has 0 spiro atoms. The van der Waals surface area contributed by atoms with Crippen LogP contribution in [0.4, 0.5) is 0 Å². The Morgan fingerprint density at radius 1 is 1.33 bits per heavy atom. The number of hydrogen-bond donors (Lipinski definition) is 0. The molecule has 1 fully saturated rings. The Morgan fingerprint density at radius 2 is 2.10 bits per heavy atom. The summed E-state index contributed by atoms with van der Waals surface area (Å²) in [6.45, 7) is 5.35. The molecule has 3 heterocycles. The van der Waals surface area contributed by atoms with Gasteiger partial charge in [0.1, 0.15) is 0 Å². The SMILES string of the molecule is C[C@H]1CCCN(Cn2nc(-c3ccncc3)n(C)c2=S)C1. The molecule has 5 nitrogen and oxygen atoms in total. The van der Waals surface area contributed by atoms with E-state index < -0.39 is 0 Å². The smallest absolute Gasteiger partial charge is 0.199 e. The van der Waals surface area contributed by atoms with Crippen molar-refractivity contribution in [2.24, 2.45) is 13.0 Å². The Morgan fingerprint density at radius 3 is 2.81 bits per heavy atom. The van der Waals surface area contributed by atoms with Gasteiger partial charge in [0.15, 0.2) is 10.6 Å². The molecule has 21 heavy (non-hydrogen) atoms. The highest BCUT2D eigenvalue weighted by atomic mass is 32.1. The van der Waals surface area contributed by atoms with Gasteiger partial charge in [0, 0.05) is 31.5 Å². The zero-order valence-corrected chi connectivity index (χ0v) is 13.4. The summed E-state index contributed by atoms with van der Waals surface area (Å²) in [6.07, 6.45) is 6.15. The number of pyridine rings is 1. The molecule has 0 amide bonds. The molecular weight excluding hydrogens is 282 g/mol. The largest absolute Gasteiger partial charge is 0.303 e. The van der Waals surface area contributed by atoms with Crippen LogP contribution in [0.25, 0.3) is 11.4 Å².